The number of piperidine rings is 1. The Balaban J connectivity index is 0.000000647. The maximum atomic E-state index is 13.9. The summed E-state index contributed by atoms with van der Waals surface area (Å²) in [4.78, 5) is 21.8. The number of thiazole rings is 1. The monoisotopic (exact) mass is 351 g/mol. The molecule has 0 aromatic carbocycles. The van der Waals surface area contributed by atoms with E-state index in [2.05, 4.69) is 28.7 Å². The molecule has 0 amide bonds. The largest absolute Gasteiger partial charge is 0.477 e. The highest BCUT2D eigenvalue weighted by Crippen LogP contribution is 2.34. The topological polar surface area (TPSA) is 66.3 Å². The Morgan fingerprint density at radius 1 is 1.29 bits per heavy atom. The average molecular weight is 351 g/mol. The van der Waals surface area contributed by atoms with Crippen LogP contribution in [-0.2, 0) is 0 Å². The summed E-state index contributed by atoms with van der Waals surface area (Å²) in [5, 5.41) is 9.96. The molecule has 3 rings (SSSR count). The van der Waals surface area contributed by atoms with Gasteiger partial charge in [-0.2, -0.15) is 0 Å². The van der Waals surface area contributed by atoms with Gasteiger partial charge in [0.25, 0.3) is 0 Å². The predicted octanol–water partition coefficient (Wildman–Crippen LogP) is 4.45. The number of anilines is 1. The second-order valence-corrected chi connectivity index (χ2v) is 6.55. The molecule has 0 aliphatic carbocycles. The smallest absolute Gasteiger partial charge is 0.348 e. The molecule has 130 valence electrons. The Morgan fingerprint density at radius 3 is 2.54 bits per heavy atom. The van der Waals surface area contributed by atoms with Crippen molar-refractivity contribution < 1.29 is 14.3 Å². The third-order valence-electron chi connectivity index (χ3n) is 3.42. The summed E-state index contributed by atoms with van der Waals surface area (Å²) >= 11 is 1.09. The number of nitrogens with zero attached hydrogens (tertiary/aromatic N) is 3. The zero-order valence-corrected chi connectivity index (χ0v) is 14.8. The van der Waals surface area contributed by atoms with Crippen molar-refractivity contribution in [2.45, 2.75) is 39.5 Å². The van der Waals surface area contributed by atoms with Crippen LogP contribution < -0.4 is 4.90 Å². The third-order valence-corrected chi connectivity index (χ3v) is 4.52. The van der Waals surface area contributed by atoms with Gasteiger partial charge in [-0.1, -0.05) is 31.6 Å². The number of carboxylic acids is 1. The summed E-state index contributed by atoms with van der Waals surface area (Å²) in [7, 11) is 0. The normalized spacial score (nSPS) is 14.0. The Labute approximate surface area is 145 Å². The van der Waals surface area contributed by atoms with Crippen LogP contribution in [0.1, 0.15) is 49.2 Å². The van der Waals surface area contributed by atoms with E-state index in [-0.39, 0.29) is 16.3 Å². The number of hydrogen-bond donors (Lipinski definition) is 1. The molecule has 24 heavy (non-hydrogen) atoms. The summed E-state index contributed by atoms with van der Waals surface area (Å²) in [6.07, 6.45) is 5.99. The maximum absolute atomic E-state index is 13.9. The number of pyridine rings is 1. The van der Waals surface area contributed by atoms with E-state index in [0.717, 1.165) is 37.3 Å². The molecule has 5 nitrogen and oxygen atoms in total. The van der Waals surface area contributed by atoms with Crippen molar-refractivity contribution in [1.82, 2.24) is 9.97 Å². The second-order valence-electron chi connectivity index (χ2n) is 5.57. The lowest BCUT2D eigenvalue weighted by Gasteiger charge is -2.25. The van der Waals surface area contributed by atoms with Crippen LogP contribution in [0.2, 0.25) is 0 Å². The third kappa shape index (κ3) is 4.29. The van der Waals surface area contributed by atoms with Crippen molar-refractivity contribution in [3.05, 3.63) is 29.0 Å². The fourth-order valence-corrected chi connectivity index (χ4v) is 3.35. The molecular formula is C17H22FN3O2S. The zero-order chi connectivity index (χ0) is 17.5. The van der Waals surface area contributed by atoms with Gasteiger partial charge in [0.05, 0.1) is 0 Å². The van der Waals surface area contributed by atoms with Gasteiger partial charge < -0.3 is 10.0 Å². The van der Waals surface area contributed by atoms with Crippen molar-refractivity contribution in [1.29, 1.82) is 0 Å². The number of halogens is 1. The molecule has 1 aliphatic rings. The quantitative estimate of drug-likeness (QED) is 0.885. The molecule has 0 bridgehead atoms. The summed E-state index contributed by atoms with van der Waals surface area (Å²) in [5.74, 6) is -1.66. The van der Waals surface area contributed by atoms with Gasteiger partial charge >= 0.3 is 5.97 Å². The lowest BCUT2D eigenvalue weighted by atomic mass is 10.1. The first-order valence-corrected chi connectivity index (χ1v) is 9.00. The first kappa shape index (κ1) is 18.3. The highest BCUT2D eigenvalue weighted by atomic mass is 32.1. The Hall–Kier alpha value is -2.02. The molecule has 0 radical (unpaired) electrons. The molecule has 0 unspecified atom stereocenters. The van der Waals surface area contributed by atoms with Crippen LogP contribution in [0.25, 0.3) is 11.4 Å². The summed E-state index contributed by atoms with van der Waals surface area (Å²) in [6.45, 7) is 5.97. The molecule has 1 saturated heterocycles. The minimum atomic E-state index is -1.10. The Kier molecular flexibility index (Phi) is 6.66. The van der Waals surface area contributed by atoms with Gasteiger partial charge in [0.2, 0.25) is 0 Å². The number of aromatic carboxylic acids is 1. The lowest BCUT2D eigenvalue weighted by Crippen LogP contribution is -2.29. The number of rotatable bonds is 3. The van der Waals surface area contributed by atoms with Crippen molar-refractivity contribution in [2.24, 2.45) is 0 Å². The molecule has 1 fully saturated rings. The van der Waals surface area contributed by atoms with Gasteiger partial charge in [-0.25, -0.2) is 14.2 Å². The van der Waals surface area contributed by atoms with Crippen LogP contribution in [0.3, 0.4) is 0 Å². The van der Waals surface area contributed by atoms with Gasteiger partial charge in [-0.3, -0.25) is 4.98 Å². The lowest BCUT2D eigenvalue weighted by molar-refractivity contribution is 0.0702. The number of carboxylic acid groups (broad SMARTS) is 1. The molecule has 3 heterocycles. The van der Waals surface area contributed by atoms with Gasteiger partial charge in [0.15, 0.2) is 10.9 Å². The highest BCUT2D eigenvalue weighted by molar-refractivity contribution is 7.17. The first-order valence-electron chi connectivity index (χ1n) is 8.18. The molecule has 0 spiro atoms. The standard InChI is InChI=1S/C14H14FN3O2S.C3H8/c15-9-5-4-6-16-10(9)11-12(13(19)20)21-14(17-11)18-7-2-1-3-8-18;1-3-2/h4-6H,1-3,7-8H2,(H,19,20);3H2,1-2H3. The minimum Gasteiger partial charge on any atom is -0.477 e. The van der Waals surface area contributed by atoms with Gasteiger partial charge in [0.1, 0.15) is 16.3 Å². The van der Waals surface area contributed by atoms with Crippen molar-refractivity contribution in [3.63, 3.8) is 0 Å². The first-order chi connectivity index (χ1) is 11.6. The zero-order valence-electron chi connectivity index (χ0n) is 14.0. The number of carbonyl (C=O) groups is 1. The predicted molar refractivity (Wildman–Crippen MR) is 94.3 cm³/mol. The van der Waals surface area contributed by atoms with Crippen molar-refractivity contribution in [2.75, 3.05) is 18.0 Å². The van der Waals surface area contributed by atoms with Gasteiger partial charge in [-0.15, -0.1) is 0 Å². The van der Waals surface area contributed by atoms with Crippen molar-refractivity contribution in [3.8, 4) is 11.4 Å². The fourth-order valence-electron chi connectivity index (χ4n) is 2.39. The maximum Gasteiger partial charge on any atom is 0.348 e. The van der Waals surface area contributed by atoms with E-state index >= 15 is 0 Å². The number of aromatic nitrogens is 2. The van der Waals surface area contributed by atoms with E-state index in [1.165, 1.54) is 31.2 Å². The number of hydrogen-bond acceptors (Lipinski definition) is 5. The average Bonchev–Trinajstić information content (AvgIpc) is 3.02. The van der Waals surface area contributed by atoms with E-state index in [9.17, 15) is 14.3 Å². The van der Waals surface area contributed by atoms with E-state index in [4.69, 9.17) is 0 Å². The molecule has 0 atom stereocenters. The van der Waals surface area contributed by atoms with E-state index in [1.54, 1.807) is 0 Å². The molecule has 1 aliphatic heterocycles. The van der Waals surface area contributed by atoms with Crippen LogP contribution in [-0.4, -0.2) is 34.1 Å². The Morgan fingerprint density at radius 2 is 1.96 bits per heavy atom. The van der Waals surface area contributed by atoms with Crippen LogP contribution >= 0.6 is 11.3 Å². The van der Waals surface area contributed by atoms with E-state index < -0.39 is 11.8 Å². The second kappa shape index (κ2) is 8.73. The molecular weight excluding hydrogens is 329 g/mol. The van der Waals surface area contributed by atoms with Gasteiger partial charge in [0, 0.05) is 19.3 Å². The van der Waals surface area contributed by atoms with Crippen LogP contribution in [0.15, 0.2) is 18.3 Å². The van der Waals surface area contributed by atoms with Crippen LogP contribution in [0, 0.1) is 5.82 Å². The van der Waals surface area contributed by atoms with E-state index in [1.807, 2.05) is 0 Å². The fraction of sp³-hybridized carbons (Fsp3) is 0.471. The minimum absolute atomic E-state index is 0.00518. The van der Waals surface area contributed by atoms with Crippen molar-refractivity contribution >= 4 is 22.4 Å². The SMILES string of the molecule is CCC.O=C(O)c1sc(N2CCCCC2)nc1-c1ncccc1F. The molecule has 2 aromatic heterocycles. The summed E-state index contributed by atoms with van der Waals surface area (Å²) < 4.78 is 13.9. The van der Waals surface area contributed by atoms with E-state index in [0.29, 0.717) is 5.13 Å². The van der Waals surface area contributed by atoms with Crippen LogP contribution in [0.5, 0.6) is 0 Å². The molecule has 7 heteroatoms. The molecule has 0 saturated carbocycles. The van der Waals surface area contributed by atoms with Gasteiger partial charge in [-0.05, 0) is 31.4 Å². The molecule has 1 N–H and O–H groups in total. The summed E-state index contributed by atoms with van der Waals surface area (Å²) in [5.41, 5.74) is 0.112. The summed E-state index contributed by atoms with van der Waals surface area (Å²) in [6, 6.07) is 2.73. The highest BCUT2D eigenvalue weighted by Gasteiger charge is 2.25. The Bertz CT molecular complexity index is 684. The molecule has 2 aromatic rings. The van der Waals surface area contributed by atoms with Crippen LogP contribution in [0.4, 0.5) is 9.52 Å².